The molecule has 4 aromatic rings. The lowest BCUT2D eigenvalue weighted by atomic mass is 10.0. The molecule has 0 saturated heterocycles. The minimum Gasteiger partial charge on any atom is -0.496 e. The number of halogens is 2. The van der Waals surface area contributed by atoms with E-state index in [-0.39, 0.29) is 23.4 Å². The van der Waals surface area contributed by atoms with E-state index in [1.54, 1.807) is 34.6 Å². The quantitative estimate of drug-likeness (QED) is 0.179. The van der Waals surface area contributed by atoms with E-state index >= 15 is 8.78 Å². The number of carboxylic acids is 1. The molecule has 0 fully saturated rings. The summed E-state index contributed by atoms with van der Waals surface area (Å²) in [6.45, 7) is 8.47. The molecule has 1 atom stereocenters. The monoisotopic (exact) mass is 741 g/mol. The van der Waals surface area contributed by atoms with Gasteiger partial charge in [-0.1, -0.05) is 12.1 Å². The third-order valence-electron chi connectivity index (χ3n) is 8.05. The number of aromatic nitrogens is 2. The van der Waals surface area contributed by atoms with Crippen molar-refractivity contribution in [3.05, 3.63) is 115 Å². The number of hydrogen-bond acceptors (Lipinski definition) is 8. The lowest BCUT2D eigenvalue weighted by molar-refractivity contribution is -0.139. The number of nitrogens with zero attached hydrogens (tertiary/aromatic N) is 2. The van der Waals surface area contributed by atoms with Crippen molar-refractivity contribution in [3.8, 4) is 11.4 Å². The molecule has 4 rings (SSSR count). The predicted octanol–water partition coefficient (Wildman–Crippen LogP) is 3.19. The van der Waals surface area contributed by atoms with Gasteiger partial charge in [0.15, 0.2) is 0 Å². The molecule has 52 heavy (non-hydrogen) atoms. The van der Waals surface area contributed by atoms with Gasteiger partial charge in [-0.05, 0) is 70.5 Å². The van der Waals surface area contributed by atoms with Crippen molar-refractivity contribution in [1.82, 2.24) is 19.8 Å². The largest absolute Gasteiger partial charge is 0.496 e. The first kappa shape index (κ1) is 39.0. The summed E-state index contributed by atoms with van der Waals surface area (Å²) in [5.74, 6) is -6.15. The maximum Gasteiger partial charge on any atom is 0.335 e. The molecule has 0 bridgehead atoms. The van der Waals surface area contributed by atoms with Gasteiger partial charge in [0.05, 0.1) is 34.5 Å². The highest BCUT2D eigenvalue weighted by Crippen LogP contribution is 2.27. The van der Waals surface area contributed by atoms with E-state index in [0.29, 0.717) is 29.0 Å². The lowest BCUT2D eigenvalue weighted by Gasteiger charge is -2.21. The van der Waals surface area contributed by atoms with E-state index in [1.165, 1.54) is 49.1 Å². The van der Waals surface area contributed by atoms with E-state index in [2.05, 4.69) is 10.6 Å². The molecule has 3 aromatic carbocycles. The van der Waals surface area contributed by atoms with Gasteiger partial charge in [0.1, 0.15) is 23.4 Å². The molecule has 276 valence electrons. The third kappa shape index (κ3) is 8.37. The number of methoxy groups -OCH3 is 1. The number of carbonyl (C=O) groups is 3. The van der Waals surface area contributed by atoms with Gasteiger partial charge in [-0.3, -0.25) is 19.1 Å². The maximum absolute atomic E-state index is 15.2. The Bertz CT molecular complexity index is 2280. The van der Waals surface area contributed by atoms with Crippen LogP contribution in [0.2, 0.25) is 0 Å². The Morgan fingerprint density at radius 3 is 2.13 bits per heavy atom. The second-order valence-corrected chi connectivity index (χ2v) is 14.6. The lowest BCUT2D eigenvalue weighted by Crippen LogP contribution is -2.42. The molecule has 0 aliphatic heterocycles. The number of nitrogens with one attached hydrogen (secondary N) is 3. The normalized spacial score (nSPS) is 12.2. The number of rotatable bonds is 11. The molecule has 0 spiro atoms. The van der Waals surface area contributed by atoms with Gasteiger partial charge in [-0.2, -0.15) is 0 Å². The Balaban J connectivity index is 1.52. The average Bonchev–Trinajstić information content (AvgIpc) is 3.07. The highest BCUT2D eigenvalue weighted by molar-refractivity contribution is 7.92. The summed E-state index contributed by atoms with van der Waals surface area (Å²) in [6.07, 6.45) is -0.316. The van der Waals surface area contributed by atoms with Crippen molar-refractivity contribution < 1.29 is 41.4 Å². The first-order chi connectivity index (χ1) is 24.1. The summed E-state index contributed by atoms with van der Waals surface area (Å²) in [4.78, 5) is 62.7. The van der Waals surface area contributed by atoms with Crippen molar-refractivity contribution in [2.75, 3.05) is 11.8 Å². The Kier molecular flexibility index (Phi) is 11.1. The van der Waals surface area contributed by atoms with Crippen LogP contribution in [0.3, 0.4) is 0 Å². The van der Waals surface area contributed by atoms with Crippen LogP contribution in [0.5, 0.6) is 5.75 Å². The van der Waals surface area contributed by atoms with Crippen LogP contribution in [0.25, 0.3) is 5.69 Å². The summed E-state index contributed by atoms with van der Waals surface area (Å²) in [5.41, 5.74) is -1.98. The van der Waals surface area contributed by atoms with Crippen molar-refractivity contribution in [2.24, 2.45) is 7.05 Å². The summed E-state index contributed by atoms with van der Waals surface area (Å²) in [5, 5.41) is 14.6. The molecule has 2 amide bonds. The van der Waals surface area contributed by atoms with Gasteiger partial charge in [-0.15, -0.1) is 0 Å². The van der Waals surface area contributed by atoms with Crippen molar-refractivity contribution >= 4 is 33.5 Å². The van der Waals surface area contributed by atoms with Crippen molar-refractivity contribution in [2.45, 2.75) is 57.5 Å². The van der Waals surface area contributed by atoms with Crippen LogP contribution in [0.4, 0.5) is 14.5 Å². The number of ether oxygens (including phenoxy) is 1. The molecule has 17 heteroatoms. The van der Waals surface area contributed by atoms with Crippen LogP contribution >= 0.6 is 0 Å². The first-order valence-electron chi connectivity index (χ1n) is 15.6. The summed E-state index contributed by atoms with van der Waals surface area (Å²) < 4.78 is 65.9. The zero-order valence-electron chi connectivity index (χ0n) is 29.3. The fourth-order valence-electron chi connectivity index (χ4n) is 5.07. The molecule has 0 saturated carbocycles. The number of hydrogen-bond donors (Lipinski definition) is 4. The second-order valence-electron chi connectivity index (χ2n) is 12.9. The fraction of sp³-hybridized carbons (Fsp3) is 0.286. The Morgan fingerprint density at radius 2 is 1.56 bits per heavy atom. The minimum atomic E-state index is -4.58. The molecular formula is C35H37F2N5O9S. The van der Waals surface area contributed by atoms with E-state index in [1.807, 2.05) is 4.72 Å². The van der Waals surface area contributed by atoms with E-state index in [0.717, 1.165) is 16.7 Å². The van der Waals surface area contributed by atoms with Crippen LogP contribution in [0.1, 0.15) is 58.3 Å². The van der Waals surface area contributed by atoms with Gasteiger partial charge in [0.25, 0.3) is 27.4 Å². The van der Waals surface area contributed by atoms with E-state index in [4.69, 9.17) is 4.74 Å². The van der Waals surface area contributed by atoms with Crippen molar-refractivity contribution in [3.63, 3.8) is 0 Å². The fourth-order valence-corrected chi connectivity index (χ4v) is 6.15. The standard InChI is InChI=1S/C35H37F2N5O9S/c1-18-19(2)41(6)34(48)42(32(18)45)21-10-8-20(9-11-21)14-28(33(46)47)38-30(43)24-16-26(37)27(17-25(24)36)40-52(49,50)22-12-13-23(29(15-22)51-7)31(44)39-35(3,4)5/h8-13,15-17,28,40H,14H2,1-7H3,(H,38,43)(H,39,44)(H,46,47)/t28-/m0/s1. The van der Waals surface area contributed by atoms with Crippen molar-refractivity contribution in [1.29, 1.82) is 0 Å². The Morgan fingerprint density at radius 1 is 0.923 bits per heavy atom. The van der Waals surface area contributed by atoms with Crippen LogP contribution in [0, 0.1) is 25.5 Å². The Labute approximate surface area is 297 Å². The zero-order chi connectivity index (χ0) is 38.9. The number of aliphatic carboxylic acids is 1. The highest BCUT2D eigenvalue weighted by atomic mass is 32.2. The topological polar surface area (TPSA) is 195 Å². The van der Waals surface area contributed by atoms with Gasteiger partial charge < -0.3 is 25.0 Å². The molecule has 1 aromatic heterocycles. The van der Waals surface area contributed by atoms with Gasteiger partial charge in [0, 0.05) is 42.4 Å². The van der Waals surface area contributed by atoms with Gasteiger partial charge >= 0.3 is 11.7 Å². The van der Waals surface area contributed by atoms with E-state index < -0.39 is 78.4 Å². The van der Waals surface area contributed by atoms with Crippen LogP contribution in [-0.4, -0.2) is 59.1 Å². The molecule has 14 nitrogen and oxygen atoms in total. The molecule has 4 N–H and O–H groups in total. The molecule has 0 aliphatic carbocycles. The summed E-state index contributed by atoms with van der Waals surface area (Å²) >= 11 is 0. The van der Waals surface area contributed by atoms with Gasteiger partial charge in [0.2, 0.25) is 0 Å². The number of amides is 2. The van der Waals surface area contributed by atoms with Gasteiger partial charge in [-0.25, -0.2) is 31.4 Å². The predicted molar refractivity (Wildman–Crippen MR) is 187 cm³/mol. The number of anilines is 1. The van der Waals surface area contributed by atoms with Crippen LogP contribution < -0.4 is 31.3 Å². The molecule has 1 heterocycles. The van der Waals surface area contributed by atoms with Crippen LogP contribution in [0.15, 0.2) is 69.1 Å². The van der Waals surface area contributed by atoms with Crippen LogP contribution in [-0.2, 0) is 28.3 Å². The molecule has 0 unspecified atom stereocenters. The van der Waals surface area contributed by atoms with E-state index in [9.17, 15) is 37.5 Å². The zero-order valence-corrected chi connectivity index (χ0v) is 30.1. The number of benzene rings is 3. The highest BCUT2D eigenvalue weighted by Gasteiger charge is 2.27. The molecule has 0 radical (unpaired) electrons. The first-order valence-corrected chi connectivity index (χ1v) is 17.1. The average molecular weight is 742 g/mol. The second kappa shape index (κ2) is 14.8. The number of sulfonamides is 1. The summed E-state index contributed by atoms with van der Waals surface area (Å²) in [7, 11) is -1.84. The molecular weight excluding hydrogens is 704 g/mol. The molecule has 0 aliphatic rings. The maximum atomic E-state index is 15.2. The smallest absolute Gasteiger partial charge is 0.335 e. The minimum absolute atomic E-state index is 0.0295. The Hall–Kier alpha value is -5.84. The number of carboxylic acid groups (broad SMARTS) is 1. The summed E-state index contributed by atoms with van der Waals surface area (Å²) in [6, 6.07) is 8.26. The third-order valence-corrected chi connectivity index (χ3v) is 9.41. The number of carbonyl (C=O) groups excluding carboxylic acids is 2. The SMILES string of the molecule is COc1cc(S(=O)(=O)Nc2cc(F)c(C(=O)N[C@@H](Cc3ccc(-n4c(=O)c(C)c(C)n(C)c4=O)cc3)C(=O)O)cc2F)ccc1C(=O)NC(C)(C)C.